The quantitative estimate of drug-likeness (QED) is 0.831. The molecular formula is C13H20N6O. The number of hydrogen-bond donors (Lipinski definition) is 2. The zero-order valence-electron chi connectivity index (χ0n) is 12.3. The maximum Gasteiger partial charge on any atom is 0.204 e. The Bertz CT molecular complexity index is 580. The van der Waals surface area contributed by atoms with E-state index in [1.807, 2.05) is 17.9 Å². The van der Waals surface area contributed by atoms with E-state index in [0.29, 0.717) is 23.9 Å². The van der Waals surface area contributed by atoms with Crippen LogP contribution < -0.4 is 15.4 Å². The summed E-state index contributed by atoms with van der Waals surface area (Å²) < 4.78 is 7.17. The molecular weight excluding hydrogens is 256 g/mol. The van der Waals surface area contributed by atoms with E-state index < -0.39 is 0 Å². The molecule has 0 fully saturated rings. The Kier molecular flexibility index (Phi) is 4.39. The van der Waals surface area contributed by atoms with Crippen LogP contribution in [0.3, 0.4) is 0 Å². The number of nitrogens with zero attached hydrogens (tertiary/aromatic N) is 4. The molecule has 0 radical (unpaired) electrons. The van der Waals surface area contributed by atoms with Gasteiger partial charge in [0.15, 0.2) is 11.6 Å². The minimum absolute atomic E-state index is 0.608. The molecule has 0 saturated carbocycles. The molecule has 7 nitrogen and oxygen atoms in total. The van der Waals surface area contributed by atoms with E-state index in [9.17, 15) is 0 Å². The van der Waals surface area contributed by atoms with Crippen LogP contribution in [-0.2, 0) is 20.0 Å². The molecule has 0 aromatic carbocycles. The van der Waals surface area contributed by atoms with E-state index in [1.165, 1.54) is 6.33 Å². The minimum Gasteiger partial charge on any atom is -0.490 e. The Morgan fingerprint density at radius 1 is 1.30 bits per heavy atom. The summed E-state index contributed by atoms with van der Waals surface area (Å²) in [5.41, 5.74) is 2.24. The van der Waals surface area contributed by atoms with Gasteiger partial charge in [-0.1, -0.05) is 6.92 Å². The second-order valence-electron chi connectivity index (χ2n) is 4.34. The number of ether oxygens (including phenoxy) is 1. The number of rotatable bonds is 6. The van der Waals surface area contributed by atoms with Crippen LogP contribution in [0, 0.1) is 0 Å². The number of anilines is 2. The summed E-state index contributed by atoms with van der Waals surface area (Å²) in [7, 11) is 5.32. The fraction of sp³-hybridized carbons (Fsp3) is 0.462. The van der Waals surface area contributed by atoms with E-state index in [0.717, 1.165) is 17.7 Å². The molecule has 20 heavy (non-hydrogen) atoms. The monoisotopic (exact) mass is 276 g/mol. The van der Waals surface area contributed by atoms with Gasteiger partial charge in [-0.25, -0.2) is 9.97 Å². The molecule has 0 aliphatic rings. The number of nitrogens with one attached hydrogen (secondary N) is 2. The van der Waals surface area contributed by atoms with E-state index >= 15 is 0 Å². The lowest BCUT2D eigenvalue weighted by Crippen LogP contribution is -2.07. The molecule has 0 aliphatic carbocycles. The molecule has 108 valence electrons. The molecule has 7 heteroatoms. The third kappa shape index (κ3) is 2.81. The Balaban J connectivity index is 2.18. The fourth-order valence-corrected chi connectivity index (χ4v) is 2.08. The summed E-state index contributed by atoms with van der Waals surface area (Å²) in [6, 6.07) is 0. The van der Waals surface area contributed by atoms with Crippen molar-refractivity contribution < 1.29 is 4.74 Å². The first-order chi connectivity index (χ1) is 9.69. The van der Waals surface area contributed by atoms with Gasteiger partial charge in [-0.15, -0.1) is 0 Å². The molecule has 0 spiro atoms. The van der Waals surface area contributed by atoms with Gasteiger partial charge in [-0.2, -0.15) is 5.10 Å². The van der Waals surface area contributed by atoms with Gasteiger partial charge in [0.05, 0.1) is 12.8 Å². The summed E-state index contributed by atoms with van der Waals surface area (Å²) in [5, 5.41) is 10.7. The molecule has 0 bridgehead atoms. The summed E-state index contributed by atoms with van der Waals surface area (Å²) in [6.07, 6.45) is 4.42. The average Bonchev–Trinajstić information content (AvgIpc) is 2.84. The number of methoxy groups -OCH3 is 1. The minimum atomic E-state index is 0.608. The van der Waals surface area contributed by atoms with Gasteiger partial charge >= 0.3 is 0 Å². The molecule has 0 aliphatic heterocycles. The number of hydrogen-bond acceptors (Lipinski definition) is 6. The first kappa shape index (κ1) is 14.1. The molecule has 2 N–H and O–H groups in total. The molecule has 2 aromatic rings. The highest BCUT2D eigenvalue weighted by molar-refractivity contribution is 5.63. The van der Waals surface area contributed by atoms with E-state index in [1.54, 1.807) is 14.2 Å². The van der Waals surface area contributed by atoms with Gasteiger partial charge < -0.3 is 15.4 Å². The van der Waals surface area contributed by atoms with Crippen molar-refractivity contribution in [3.05, 3.63) is 23.8 Å². The lowest BCUT2D eigenvalue weighted by molar-refractivity contribution is 0.415. The first-order valence-corrected chi connectivity index (χ1v) is 6.51. The maximum atomic E-state index is 5.35. The summed E-state index contributed by atoms with van der Waals surface area (Å²) in [6.45, 7) is 2.74. The standard InChI is InChI=1S/C13H20N6O/c1-5-10-9(7-19(3)18-10)6-15-13-11(20-4)12(14-2)16-8-17-13/h7-8H,5-6H2,1-4H3,(H2,14,15,16,17). The molecule has 0 unspecified atom stereocenters. The van der Waals surface area contributed by atoms with Crippen molar-refractivity contribution in [3.8, 4) is 5.75 Å². The Hall–Kier alpha value is -2.31. The van der Waals surface area contributed by atoms with Gasteiger partial charge in [0.2, 0.25) is 5.75 Å². The average molecular weight is 276 g/mol. The zero-order chi connectivity index (χ0) is 14.5. The molecule has 0 atom stereocenters. The number of aryl methyl sites for hydroxylation is 2. The van der Waals surface area contributed by atoms with Crippen LogP contribution in [0.15, 0.2) is 12.5 Å². The first-order valence-electron chi connectivity index (χ1n) is 6.51. The Morgan fingerprint density at radius 3 is 2.70 bits per heavy atom. The Morgan fingerprint density at radius 2 is 2.05 bits per heavy atom. The normalized spacial score (nSPS) is 10.4. The van der Waals surface area contributed by atoms with Crippen LogP contribution in [0.2, 0.25) is 0 Å². The fourth-order valence-electron chi connectivity index (χ4n) is 2.08. The Labute approximate surface area is 118 Å². The van der Waals surface area contributed by atoms with Gasteiger partial charge in [-0.3, -0.25) is 4.68 Å². The summed E-state index contributed by atoms with van der Waals surface area (Å²) >= 11 is 0. The third-order valence-corrected chi connectivity index (χ3v) is 3.02. The van der Waals surface area contributed by atoms with Crippen molar-refractivity contribution in [2.75, 3.05) is 24.8 Å². The SMILES string of the molecule is CCc1nn(C)cc1CNc1ncnc(NC)c1OC. The third-order valence-electron chi connectivity index (χ3n) is 3.02. The molecule has 2 rings (SSSR count). The van der Waals surface area contributed by atoms with Gasteiger partial charge in [0.1, 0.15) is 6.33 Å². The van der Waals surface area contributed by atoms with Crippen molar-refractivity contribution in [1.29, 1.82) is 0 Å². The van der Waals surface area contributed by atoms with Crippen molar-refractivity contribution in [2.45, 2.75) is 19.9 Å². The van der Waals surface area contributed by atoms with Crippen LogP contribution in [0.4, 0.5) is 11.6 Å². The molecule has 2 heterocycles. The predicted octanol–water partition coefficient (Wildman–Crippen LogP) is 1.43. The second-order valence-corrected chi connectivity index (χ2v) is 4.34. The van der Waals surface area contributed by atoms with Crippen LogP contribution >= 0.6 is 0 Å². The highest BCUT2D eigenvalue weighted by Crippen LogP contribution is 2.28. The van der Waals surface area contributed by atoms with Crippen molar-refractivity contribution >= 4 is 11.6 Å². The van der Waals surface area contributed by atoms with Crippen LogP contribution in [0.5, 0.6) is 5.75 Å². The van der Waals surface area contributed by atoms with Crippen molar-refractivity contribution in [3.63, 3.8) is 0 Å². The van der Waals surface area contributed by atoms with Crippen LogP contribution in [0.1, 0.15) is 18.2 Å². The zero-order valence-corrected chi connectivity index (χ0v) is 12.3. The molecule has 0 saturated heterocycles. The van der Waals surface area contributed by atoms with Gasteiger partial charge in [0.25, 0.3) is 0 Å². The lowest BCUT2D eigenvalue weighted by Gasteiger charge is -2.12. The van der Waals surface area contributed by atoms with E-state index in [4.69, 9.17) is 4.74 Å². The predicted molar refractivity (Wildman–Crippen MR) is 78.0 cm³/mol. The lowest BCUT2D eigenvalue weighted by atomic mass is 10.2. The highest BCUT2D eigenvalue weighted by Gasteiger charge is 2.12. The smallest absolute Gasteiger partial charge is 0.204 e. The second kappa shape index (κ2) is 6.23. The van der Waals surface area contributed by atoms with Crippen molar-refractivity contribution in [2.24, 2.45) is 7.05 Å². The topological polar surface area (TPSA) is 76.9 Å². The van der Waals surface area contributed by atoms with Crippen LogP contribution in [-0.4, -0.2) is 33.9 Å². The summed E-state index contributed by atoms with van der Waals surface area (Å²) in [5.74, 6) is 1.93. The van der Waals surface area contributed by atoms with Crippen LogP contribution in [0.25, 0.3) is 0 Å². The molecule has 2 aromatic heterocycles. The maximum absolute atomic E-state index is 5.35. The van der Waals surface area contributed by atoms with E-state index in [2.05, 4.69) is 32.6 Å². The number of aromatic nitrogens is 4. The highest BCUT2D eigenvalue weighted by atomic mass is 16.5. The summed E-state index contributed by atoms with van der Waals surface area (Å²) in [4.78, 5) is 8.34. The van der Waals surface area contributed by atoms with E-state index in [-0.39, 0.29) is 0 Å². The van der Waals surface area contributed by atoms with Gasteiger partial charge in [-0.05, 0) is 6.42 Å². The van der Waals surface area contributed by atoms with Gasteiger partial charge in [0, 0.05) is 32.4 Å². The molecule has 0 amide bonds. The van der Waals surface area contributed by atoms with Crippen molar-refractivity contribution in [1.82, 2.24) is 19.7 Å². The largest absolute Gasteiger partial charge is 0.490 e.